The quantitative estimate of drug-likeness (QED) is 0.768. The van der Waals surface area contributed by atoms with Gasteiger partial charge in [-0.3, -0.25) is 4.79 Å². The van der Waals surface area contributed by atoms with Crippen molar-refractivity contribution < 1.29 is 23.1 Å². The Morgan fingerprint density at radius 3 is 2.29 bits per heavy atom. The van der Waals surface area contributed by atoms with Gasteiger partial charge in [0.15, 0.2) is 9.84 Å². The zero-order chi connectivity index (χ0) is 16.0. The summed E-state index contributed by atoms with van der Waals surface area (Å²) in [5, 5.41) is 10.1. The van der Waals surface area contributed by atoms with Crippen LogP contribution in [-0.4, -0.2) is 42.9 Å². The first-order chi connectivity index (χ1) is 9.71. The molecule has 0 saturated carbocycles. The molecule has 21 heavy (non-hydrogen) atoms. The maximum absolute atomic E-state index is 11.8. The summed E-state index contributed by atoms with van der Waals surface area (Å²) in [6.45, 7) is 1.24. The van der Waals surface area contributed by atoms with Crippen LogP contribution in [0.25, 0.3) is 0 Å². The van der Waals surface area contributed by atoms with Crippen molar-refractivity contribution in [1.82, 2.24) is 5.32 Å². The third kappa shape index (κ3) is 5.55. The first kappa shape index (κ1) is 17.2. The van der Waals surface area contributed by atoms with Crippen LogP contribution >= 0.6 is 0 Å². The highest BCUT2D eigenvalue weighted by Gasteiger charge is 2.28. The van der Waals surface area contributed by atoms with Gasteiger partial charge >= 0.3 is 5.97 Å². The number of carbonyl (C=O) groups is 2. The van der Waals surface area contributed by atoms with Crippen molar-refractivity contribution in [1.29, 1.82) is 0 Å². The third-order valence-electron chi connectivity index (χ3n) is 3.19. The molecular formula is C14H19NO5S. The standard InChI is InChI=1S/C14H19NO5S/c1-10(21(2,19)20)13(16)15-12(14(17)18)9-8-11-6-4-3-5-7-11/h3-7,10,12H,8-9H2,1-2H3,(H,15,16)(H,17,18)/t10?,12-/m0/s1. The Kier molecular flexibility index (Phi) is 5.90. The van der Waals surface area contributed by atoms with Crippen LogP contribution in [0.4, 0.5) is 0 Å². The van der Waals surface area contributed by atoms with Crippen molar-refractivity contribution in [3.05, 3.63) is 35.9 Å². The van der Waals surface area contributed by atoms with E-state index < -0.39 is 33.0 Å². The van der Waals surface area contributed by atoms with E-state index in [0.29, 0.717) is 6.42 Å². The lowest BCUT2D eigenvalue weighted by molar-refractivity contribution is -0.141. The molecule has 0 fully saturated rings. The average molecular weight is 313 g/mol. The highest BCUT2D eigenvalue weighted by atomic mass is 32.2. The molecule has 0 aliphatic carbocycles. The molecule has 1 unspecified atom stereocenters. The molecule has 0 radical (unpaired) electrons. The van der Waals surface area contributed by atoms with E-state index in [1.165, 1.54) is 6.92 Å². The van der Waals surface area contributed by atoms with Gasteiger partial charge < -0.3 is 10.4 Å². The van der Waals surface area contributed by atoms with Crippen molar-refractivity contribution in [3.63, 3.8) is 0 Å². The van der Waals surface area contributed by atoms with Gasteiger partial charge in [-0.05, 0) is 25.3 Å². The van der Waals surface area contributed by atoms with E-state index in [4.69, 9.17) is 5.11 Å². The fourth-order valence-corrected chi connectivity index (χ4v) is 2.15. The molecule has 0 bridgehead atoms. The van der Waals surface area contributed by atoms with Gasteiger partial charge in [0.1, 0.15) is 11.3 Å². The molecule has 0 aromatic heterocycles. The minimum absolute atomic E-state index is 0.196. The number of rotatable bonds is 7. The molecule has 1 rings (SSSR count). The van der Waals surface area contributed by atoms with Crippen LogP contribution in [0.1, 0.15) is 18.9 Å². The van der Waals surface area contributed by atoms with Gasteiger partial charge in [0.05, 0.1) is 0 Å². The molecule has 1 amide bonds. The number of sulfone groups is 1. The van der Waals surface area contributed by atoms with Crippen LogP contribution in [0.5, 0.6) is 0 Å². The minimum atomic E-state index is -3.55. The number of hydrogen-bond acceptors (Lipinski definition) is 4. The predicted molar refractivity (Wildman–Crippen MR) is 78.6 cm³/mol. The Balaban J connectivity index is 2.66. The monoisotopic (exact) mass is 313 g/mol. The number of benzene rings is 1. The third-order valence-corrected chi connectivity index (χ3v) is 4.69. The number of carboxylic acids is 1. The van der Waals surface area contributed by atoms with Gasteiger partial charge in [-0.2, -0.15) is 0 Å². The van der Waals surface area contributed by atoms with E-state index >= 15 is 0 Å². The Bertz CT molecular complexity index is 597. The second-order valence-electron chi connectivity index (χ2n) is 4.90. The number of carboxylic acid groups (broad SMARTS) is 1. The Morgan fingerprint density at radius 2 is 1.81 bits per heavy atom. The van der Waals surface area contributed by atoms with Gasteiger partial charge in [0, 0.05) is 6.26 Å². The van der Waals surface area contributed by atoms with Gasteiger partial charge in [-0.1, -0.05) is 30.3 Å². The van der Waals surface area contributed by atoms with Crippen molar-refractivity contribution in [3.8, 4) is 0 Å². The second-order valence-corrected chi connectivity index (χ2v) is 7.26. The topological polar surface area (TPSA) is 101 Å². The molecule has 6 nitrogen and oxygen atoms in total. The predicted octanol–water partition coefficient (Wildman–Crippen LogP) is 0.622. The fourth-order valence-electron chi connectivity index (χ4n) is 1.70. The number of hydrogen-bond donors (Lipinski definition) is 2. The lowest BCUT2D eigenvalue weighted by Gasteiger charge is -2.17. The molecule has 0 heterocycles. The van der Waals surface area contributed by atoms with Crippen LogP contribution in [-0.2, 0) is 25.8 Å². The fraction of sp³-hybridized carbons (Fsp3) is 0.429. The summed E-state index contributed by atoms with van der Waals surface area (Å²) in [6.07, 6.45) is 1.61. The maximum atomic E-state index is 11.8. The number of nitrogens with one attached hydrogen (secondary N) is 1. The van der Waals surface area contributed by atoms with Crippen molar-refractivity contribution in [2.45, 2.75) is 31.1 Å². The van der Waals surface area contributed by atoms with Crippen molar-refractivity contribution in [2.75, 3.05) is 6.26 Å². The SMILES string of the molecule is CC(C(=O)N[C@@H](CCc1ccccc1)C(=O)O)S(C)(=O)=O. The molecule has 1 aromatic carbocycles. The minimum Gasteiger partial charge on any atom is -0.480 e. The highest BCUT2D eigenvalue weighted by Crippen LogP contribution is 2.06. The Labute approximate surface area is 124 Å². The molecule has 2 N–H and O–H groups in total. The average Bonchev–Trinajstić information content (AvgIpc) is 2.42. The summed E-state index contributed by atoms with van der Waals surface area (Å²) in [5.74, 6) is -1.97. The summed E-state index contributed by atoms with van der Waals surface area (Å²) < 4.78 is 22.6. The molecule has 0 aliphatic heterocycles. The van der Waals surface area contributed by atoms with Crippen LogP contribution in [0.3, 0.4) is 0 Å². The number of amides is 1. The number of aliphatic carboxylic acids is 1. The molecule has 0 spiro atoms. The van der Waals surface area contributed by atoms with Crippen LogP contribution in [0, 0.1) is 0 Å². The summed E-state index contributed by atoms with van der Waals surface area (Å²) in [7, 11) is -3.55. The van der Waals surface area contributed by atoms with Crippen LogP contribution in [0.15, 0.2) is 30.3 Å². The molecule has 7 heteroatoms. The lowest BCUT2D eigenvalue weighted by atomic mass is 10.1. The molecule has 1 aromatic rings. The molecular weight excluding hydrogens is 294 g/mol. The zero-order valence-corrected chi connectivity index (χ0v) is 12.8. The Morgan fingerprint density at radius 1 is 1.24 bits per heavy atom. The molecule has 0 aliphatic rings. The van der Waals surface area contributed by atoms with E-state index in [2.05, 4.69) is 5.32 Å². The number of aryl methyl sites for hydroxylation is 1. The van der Waals surface area contributed by atoms with E-state index in [0.717, 1.165) is 11.8 Å². The van der Waals surface area contributed by atoms with Crippen molar-refractivity contribution in [2.24, 2.45) is 0 Å². The van der Waals surface area contributed by atoms with Gasteiger partial charge in [0.2, 0.25) is 5.91 Å². The maximum Gasteiger partial charge on any atom is 0.326 e. The normalized spacial score (nSPS) is 14.2. The van der Waals surface area contributed by atoms with E-state index in [9.17, 15) is 18.0 Å². The van der Waals surface area contributed by atoms with E-state index in [-0.39, 0.29) is 6.42 Å². The van der Waals surface area contributed by atoms with Crippen LogP contribution < -0.4 is 5.32 Å². The van der Waals surface area contributed by atoms with Gasteiger partial charge in [0.25, 0.3) is 0 Å². The summed E-state index contributed by atoms with van der Waals surface area (Å²) in [6, 6.07) is 8.15. The molecule has 116 valence electrons. The smallest absolute Gasteiger partial charge is 0.326 e. The van der Waals surface area contributed by atoms with E-state index in [1.54, 1.807) is 0 Å². The van der Waals surface area contributed by atoms with Crippen molar-refractivity contribution >= 4 is 21.7 Å². The largest absolute Gasteiger partial charge is 0.480 e. The first-order valence-electron chi connectivity index (χ1n) is 6.47. The zero-order valence-electron chi connectivity index (χ0n) is 11.9. The Hall–Kier alpha value is -1.89. The summed E-state index contributed by atoms with van der Waals surface area (Å²) in [5.41, 5.74) is 0.953. The van der Waals surface area contributed by atoms with Gasteiger partial charge in [-0.25, -0.2) is 13.2 Å². The summed E-state index contributed by atoms with van der Waals surface area (Å²) >= 11 is 0. The molecule has 0 saturated heterocycles. The second kappa shape index (κ2) is 7.21. The lowest BCUT2D eigenvalue weighted by Crippen LogP contribution is -2.46. The van der Waals surface area contributed by atoms with Gasteiger partial charge in [-0.15, -0.1) is 0 Å². The number of carbonyl (C=O) groups excluding carboxylic acids is 1. The summed E-state index contributed by atoms with van der Waals surface area (Å²) in [4.78, 5) is 22.9. The van der Waals surface area contributed by atoms with E-state index in [1.807, 2.05) is 30.3 Å². The first-order valence-corrected chi connectivity index (χ1v) is 8.43. The highest BCUT2D eigenvalue weighted by molar-refractivity contribution is 7.92. The van der Waals surface area contributed by atoms with Crippen LogP contribution in [0.2, 0.25) is 0 Å². The molecule has 2 atom stereocenters.